The summed E-state index contributed by atoms with van der Waals surface area (Å²) >= 11 is 0. The quantitative estimate of drug-likeness (QED) is 0.711. The third-order valence-corrected chi connectivity index (χ3v) is 1.57. The topological polar surface area (TPSA) is 46.2 Å². The lowest BCUT2D eigenvalue weighted by molar-refractivity contribution is 0.422. The van der Waals surface area contributed by atoms with E-state index >= 15 is 0 Å². The van der Waals surface area contributed by atoms with E-state index in [1.165, 1.54) is 6.07 Å². The predicted molar refractivity (Wildman–Crippen MR) is 41.0 cm³/mol. The largest absolute Gasteiger partial charge is 0.505 e. The Morgan fingerprint density at radius 2 is 2.17 bits per heavy atom. The lowest BCUT2D eigenvalue weighted by Crippen LogP contribution is -2.12. The Bertz CT molecular complexity index is 278. The van der Waals surface area contributed by atoms with Crippen molar-refractivity contribution in [3.63, 3.8) is 0 Å². The van der Waals surface area contributed by atoms with Crippen LogP contribution in [0.5, 0.6) is 5.75 Å². The van der Waals surface area contributed by atoms with Crippen LogP contribution in [-0.4, -0.2) is 11.8 Å². The van der Waals surface area contributed by atoms with E-state index in [0.717, 1.165) is 12.1 Å². The summed E-state index contributed by atoms with van der Waals surface area (Å²) in [5.41, 5.74) is 5.63. The first-order valence-electron chi connectivity index (χ1n) is 3.45. The number of hydrogen-bond donors (Lipinski definition) is 2. The van der Waals surface area contributed by atoms with Crippen molar-refractivity contribution < 1.29 is 13.9 Å². The van der Waals surface area contributed by atoms with Crippen LogP contribution in [0.3, 0.4) is 0 Å². The molecule has 0 bridgehead atoms. The summed E-state index contributed by atoms with van der Waals surface area (Å²) in [6.45, 7) is -0.746. The minimum absolute atomic E-state index is 0.341. The molecule has 1 atom stereocenters. The van der Waals surface area contributed by atoms with Crippen LogP contribution in [0.25, 0.3) is 0 Å². The number of phenols is 1. The molecule has 0 amide bonds. The van der Waals surface area contributed by atoms with Gasteiger partial charge in [0.05, 0.1) is 6.04 Å². The SMILES string of the molecule is N[C@H](CF)c1ccc(O)c(F)c1. The molecule has 0 saturated heterocycles. The minimum Gasteiger partial charge on any atom is -0.505 e. The van der Waals surface area contributed by atoms with Crippen molar-refractivity contribution in [3.05, 3.63) is 29.6 Å². The van der Waals surface area contributed by atoms with E-state index in [9.17, 15) is 8.78 Å². The van der Waals surface area contributed by atoms with Gasteiger partial charge in [0, 0.05) is 0 Å². The minimum atomic E-state index is -0.819. The second-order valence-corrected chi connectivity index (χ2v) is 2.47. The molecule has 0 aliphatic rings. The van der Waals surface area contributed by atoms with Crippen LogP contribution in [-0.2, 0) is 0 Å². The molecule has 4 heteroatoms. The second-order valence-electron chi connectivity index (χ2n) is 2.47. The van der Waals surface area contributed by atoms with Gasteiger partial charge in [-0.3, -0.25) is 0 Å². The molecule has 12 heavy (non-hydrogen) atoms. The van der Waals surface area contributed by atoms with Crippen LogP contribution in [0.2, 0.25) is 0 Å². The summed E-state index contributed by atoms with van der Waals surface area (Å²) in [5, 5.41) is 8.79. The highest BCUT2D eigenvalue weighted by Crippen LogP contribution is 2.19. The third kappa shape index (κ3) is 1.71. The standard InChI is InChI=1S/C8H9F2NO/c9-4-7(11)5-1-2-8(12)6(10)3-5/h1-3,7,12H,4,11H2/t7-/m1/s1. The number of phenolic OH excluding ortho intramolecular Hbond substituents is 1. The van der Waals surface area contributed by atoms with Gasteiger partial charge in [0.25, 0.3) is 0 Å². The van der Waals surface area contributed by atoms with Crippen molar-refractivity contribution in [3.8, 4) is 5.75 Å². The fraction of sp³-hybridized carbons (Fsp3) is 0.250. The van der Waals surface area contributed by atoms with Crippen molar-refractivity contribution in [2.75, 3.05) is 6.67 Å². The number of nitrogens with two attached hydrogens (primary N) is 1. The third-order valence-electron chi connectivity index (χ3n) is 1.57. The van der Waals surface area contributed by atoms with Crippen LogP contribution >= 0.6 is 0 Å². The molecule has 1 aromatic rings. The first-order valence-corrected chi connectivity index (χ1v) is 3.45. The number of rotatable bonds is 2. The summed E-state index contributed by atoms with van der Waals surface area (Å²) in [7, 11) is 0. The van der Waals surface area contributed by atoms with Gasteiger partial charge in [-0.05, 0) is 17.7 Å². The monoisotopic (exact) mass is 173 g/mol. The van der Waals surface area contributed by atoms with E-state index in [1.54, 1.807) is 0 Å². The summed E-state index contributed by atoms with van der Waals surface area (Å²) in [5.74, 6) is -1.23. The Hall–Kier alpha value is -1.16. The molecule has 0 aromatic heterocycles. The predicted octanol–water partition coefficient (Wildman–Crippen LogP) is 1.50. The van der Waals surface area contributed by atoms with Crippen LogP contribution in [0, 0.1) is 5.82 Å². The molecular formula is C8H9F2NO. The highest BCUT2D eigenvalue weighted by Gasteiger charge is 2.07. The van der Waals surface area contributed by atoms with Gasteiger partial charge in [-0.25, -0.2) is 8.78 Å². The first-order chi connectivity index (χ1) is 5.65. The Morgan fingerprint density at radius 3 is 2.67 bits per heavy atom. The van der Waals surface area contributed by atoms with E-state index in [2.05, 4.69) is 0 Å². The van der Waals surface area contributed by atoms with Crippen molar-refractivity contribution in [2.24, 2.45) is 5.73 Å². The second kappa shape index (κ2) is 3.49. The van der Waals surface area contributed by atoms with Crippen molar-refractivity contribution >= 4 is 0 Å². The van der Waals surface area contributed by atoms with Crippen LogP contribution in [0.15, 0.2) is 18.2 Å². The van der Waals surface area contributed by atoms with E-state index in [-0.39, 0.29) is 0 Å². The molecule has 1 aromatic carbocycles. The summed E-state index contributed by atoms with van der Waals surface area (Å²) in [4.78, 5) is 0. The molecule has 0 aliphatic carbocycles. The van der Waals surface area contributed by atoms with E-state index < -0.39 is 24.3 Å². The molecule has 0 aliphatic heterocycles. The molecule has 2 nitrogen and oxygen atoms in total. The Morgan fingerprint density at radius 1 is 1.50 bits per heavy atom. The van der Waals surface area contributed by atoms with E-state index in [0.29, 0.717) is 5.56 Å². The number of aromatic hydroxyl groups is 1. The number of benzene rings is 1. The molecule has 0 fully saturated rings. The van der Waals surface area contributed by atoms with Gasteiger partial charge in [-0.15, -0.1) is 0 Å². The maximum atomic E-state index is 12.6. The smallest absolute Gasteiger partial charge is 0.165 e. The van der Waals surface area contributed by atoms with E-state index in [4.69, 9.17) is 10.8 Å². The van der Waals surface area contributed by atoms with Gasteiger partial charge in [0.2, 0.25) is 0 Å². The fourth-order valence-electron chi connectivity index (χ4n) is 0.843. The summed E-state index contributed by atoms with van der Waals surface area (Å²) in [6.07, 6.45) is 0. The number of alkyl halides is 1. The Balaban J connectivity index is 2.96. The molecule has 0 radical (unpaired) electrons. The van der Waals surface area contributed by atoms with Crippen molar-refractivity contribution in [1.29, 1.82) is 0 Å². The average Bonchev–Trinajstić information content (AvgIpc) is 2.08. The van der Waals surface area contributed by atoms with Crippen LogP contribution in [0.1, 0.15) is 11.6 Å². The molecule has 0 unspecified atom stereocenters. The Labute approximate surface area is 68.6 Å². The fourth-order valence-corrected chi connectivity index (χ4v) is 0.843. The zero-order valence-corrected chi connectivity index (χ0v) is 6.30. The zero-order valence-electron chi connectivity index (χ0n) is 6.30. The lowest BCUT2D eigenvalue weighted by Gasteiger charge is -2.07. The average molecular weight is 173 g/mol. The van der Waals surface area contributed by atoms with Crippen molar-refractivity contribution in [1.82, 2.24) is 0 Å². The van der Waals surface area contributed by atoms with Gasteiger partial charge in [0.15, 0.2) is 11.6 Å². The highest BCUT2D eigenvalue weighted by molar-refractivity contribution is 5.29. The molecule has 0 saturated carbocycles. The van der Waals surface area contributed by atoms with Crippen LogP contribution < -0.4 is 5.73 Å². The van der Waals surface area contributed by atoms with E-state index in [1.807, 2.05) is 0 Å². The molecule has 0 heterocycles. The number of halogens is 2. The maximum Gasteiger partial charge on any atom is 0.165 e. The lowest BCUT2D eigenvalue weighted by atomic mass is 10.1. The molecular weight excluding hydrogens is 164 g/mol. The summed E-state index contributed by atoms with van der Waals surface area (Å²) < 4.78 is 24.6. The summed E-state index contributed by atoms with van der Waals surface area (Å²) in [6, 6.07) is 2.75. The molecule has 66 valence electrons. The van der Waals surface area contributed by atoms with Gasteiger partial charge in [-0.2, -0.15) is 0 Å². The first kappa shape index (κ1) is 8.93. The zero-order chi connectivity index (χ0) is 9.14. The molecule has 0 spiro atoms. The van der Waals surface area contributed by atoms with Gasteiger partial charge < -0.3 is 10.8 Å². The van der Waals surface area contributed by atoms with Crippen LogP contribution in [0.4, 0.5) is 8.78 Å². The van der Waals surface area contributed by atoms with Crippen molar-refractivity contribution in [2.45, 2.75) is 6.04 Å². The highest BCUT2D eigenvalue weighted by atomic mass is 19.1. The number of hydrogen-bond acceptors (Lipinski definition) is 2. The normalized spacial score (nSPS) is 12.9. The van der Waals surface area contributed by atoms with Gasteiger partial charge >= 0.3 is 0 Å². The maximum absolute atomic E-state index is 12.6. The molecule has 1 rings (SSSR count). The van der Waals surface area contributed by atoms with Gasteiger partial charge in [-0.1, -0.05) is 6.07 Å². The molecule has 3 N–H and O–H groups in total. The van der Waals surface area contributed by atoms with Gasteiger partial charge in [0.1, 0.15) is 6.67 Å². The Kier molecular flexibility index (Phi) is 2.60.